The number of aliphatic hydroxyl groups is 1. The first-order valence-corrected chi connectivity index (χ1v) is 8.05. The summed E-state index contributed by atoms with van der Waals surface area (Å²) in [5.74, 6) is 0. The lowest BCUT2D eigenvalue weighted by atomic mass is 10.0. The largest absolute Gasteiger partial charge is 0.393 e. The lowest BCUT2D eigenvalue weighted by Crippen LogP contribution is -2.05. The fourth-order valence-electron chi connectivity index (χ4n) is 2.31. The Kier molecular flexibility index (Phi) is 14.9. The number of halogens is 1. The number of unbranched alkanes of at least 4 members (excludes halogenated alkanes) is 9. The van der Waals surface area contributed by atoms with E-state index >= 15 is 0 Å². The van der Waals surface area contributed by atoms with Crippen molar-refractivity contribution in [3.05, 3.63) is 0 Å². The molecule has 0 aliphatic heterocycles. The molecule has 0 aromatic carbocycles. The summed E-state index contributed by atoms with van der Waals surface area (Å²) in [7, 11) is 0. The second-order valence-electron chi connectivity index (χ2n) is 5.46. The molecule has 18 heavy (non-hydrogen) atoms. The predicted octanol–water partition coefficient (Wildman–Crippen LogP) is 5.41. The minimum Gasteiger partial charge on any atom is -0.393 e. The third kappa shape index (κ3) is 14.0. The van der Waals surface area contributed by atoms with E-state index in [9.17, 15) is 9.50 Å². The molecular weight excluding hydrogens is 227 g/mol. The monoisotopic (exact) mass is 260 g/mol. The van der Waals surface area contributed by atoms with Crippen LogP contribution in [0.2, 0.25) is 0 Å². The fourth-order valence-corrected chi connectivity index (χ4v) is 2.31. The van der Waals surface area contributed by atoms with Crippen molar-refractivity contribution in [3.8, 4) is 0 Å². The van der Waals surface area contributed by atoms with E-state index in [4.69, 9.17) is 0 Å². The van der Waals surface area contributed by atoms with Crippen molar-refractivity contribution in [1.82, 2.24) is 0 Å². The highest BCUT2D eigenvalue weighted by atomic mass is 19.1. The minimum absolute atomic E-state index is 0.0997. The molecule has 0 aromatic heterocycles. The molecule has 1 nitrogen and oxygen atoms in total. The van der Waals surface area contributed by atoms with Crippen molar-refractivity contribution in [1.29, 1.82) is 0 Å². The van der Waals surface area contributed by atoms with Gasteiger partial charge in [-0.25, -0.2) is 0 Å². The van der Waals surface area contributed by atoms with Crippen molar-refractivity contribution in [2.75, 3.05) is 6.67 Å². The maximum Gasteiger partial charge on any atom is 0.0894 e. The lowest BCUT2D eigenvalue weighted by Gasteiger charge is -2.10. The van der Waals surface area contributed by atoms with Crippen molar-refractivity contribution < 1.29 is 9.50 Å². The summed E-state index contributed by atoms with van der Waals surface area (Å²) < 4.78 is 11.8. The second-order valence-corrected chi connectivity index (χ2v) is 5.46. The molecule has 0 aliphatic rings. The Morgan fingerprint density at radius 3 is 1.67 bits per heavy atom. The highest BCUT2D eigenvalue weighted by molar-refractivity contribution is 4.57. The Morgan fingerprint density at radius 2 is 1.17 bits per heavy atom. The summed E-state index contributed by atoms with van der Waals surface area (Å²) in [5.41, 5.74) is 0. The standard InChI is InChI=1S/C16H33FO/c1-2-3-4-5-7-10-13-16(18)14-11-8-6-9-12-15-17/h16,18H,2-15H2,1H3. The van der Waals surface area contributed by atoms with Gasteiger partial charge in [-0.05, 0) is 19.3 Å². The van der Waals surface area contributed by atoms with Crippen LogP contribution in [0.1, 0.15) is 90.4 Å². The van der Waals surface area contributed by atoms with Crippen LogP contribution in [-0.4, -0.2) is 17.9 Å². The average Bonchev–Trinajstić information content (AvgIpc) is 2.38. The summed E-state index contributed by atoms with van der Waals surface area (Å²) in [6.45, 7) is 2.05. The van der Waals surface area contributed by atoms with Crippen LogP contribution >= 0.6 is 0 Å². The second kappa shape index (κ2) is 14.9. The number of hydrogen-bond acceptors (Lipinski definition) is 1. The third-order valence-electron chi connectivity index (χ3n) is 3.56. The molecule has 0 heterocycles. The van der Waals surface area contributed by atoms with Crippen molar-refractivity contribution in [2.24, 2.45) is 0 Å². The SMILES string of the molecule is CCCCCCCCC(O)CCCCCCCF. The molecule has 1 unspecified atom stereocenters. The summed E-state index contributed by atoms with van der Waals surface area (Å²) in [5, 5.41) is 9.79. The molecule has 0 aromatic rings. The molecule has 0 amide bonds. The normalized spacial score (nSPS) is 12.8. The van der Waals surface area contributed by atoms with Crippen LogP contribution in [0.25, 0.3) is 0 Å². The first-order chi connectivity index (χ1) is 8.81. The number of rotatable bonds is 14. The zero-order valence-electron chi connectivity index (χ0n) is 12.3. The zero-order chi connectivity index (χ0) is 13.5. The summed E-state index contributed by atoms with van der Waals surface area (Å²) in [4.78, 5) is 0. The van der Waals surface area contributed by atoms with Gasteiger partial charge in [-0.2, -0.15) is 0 Å². The van der Waals surface area contributed by atoms with Gasteiger partial charge in [0.15, 0.2) is 0 Å². The summed E-state index contributed by atoms with van der Waals surface area (Å²) >= 11 is 0. The van der Waals surface area contributed by atoms with Crippen LogP contribution in [0.5, 0.6) is 0 Å². The van der Waals surface area contributed by atoms with E-state index in [1.165, 1.54) is 38.5 Å². The van der Waals surface area contributed by atoms with Crippen LogP contribution in [-0.2, 0) is 0 Å². The Bertz CT molecular complexity index is 134. The summed E-state index contributed by atoms with van der Waals surface area (Å²) in [6, 6.07) is 0. The van der Waals surface area contributed by atoms with Crippen molar-refractivity contribution >= 4 is 0 Å². The van der Waals surface area contributed by atoms with E-state index in [2.05, 4.69) is 6.92 Å². The Morgan fingerprint density at radius 1 is 0.722 bits per heavy atom. The van der Waals surface area contributed by atoms with Crippen LogP contribution < -0.4 is 0 Å². The zero-order valence-corrected chi connectivity index (χ0v) is 12.3. The van der Waals surface area contributed by atoms with Gasteiger partial charge in [0.05, 0.1) is 12.8 Å². The molecule has 1 N–H and O–H groups in total. The number of alkyl halides is 1. The minimum atomic E-state index is -0.180. The van der Waals surface area contributed by atoms with Gasteiger partial charge < -0.3 is 5.11 Å². The van der Waals surface area contributed by atoms with Crippen LogP contribution in [0, 0.1) is 0 Å². The highest BCUT2D eigenvalue weighted by Crippen LogP contribution is 2.13. The molecule has 2 heteroatoms. The first-order valence-electron chi connectivity index (χ1n) is 8.05. The summed E-state index contributed by atoms with van der Waals surface area (Å²) in [6.07, 6.45) is 14.6. The molecule has 0 radical (unpaired) electrons. The van der Waals surface area contributed by atoms with Gasteiger partial charge in [0, 0.05) is 0 Å². The molecule has 1 atom stereocenters. The Hall–Kier alpha value is -0.110. The maximum atomic E-state index is 11.8. The van der Waals surface area contributed by atoms with Crippen molar-refractivity contribution in [2.45, 2.75) is 96.5 Å². The van der Waals surface area contributed by atoms with E-state index < -0.39 is 0 Å². The van der Waals surface area contributed by atoms with Crippen molar-refractivity contribution in [3.63, 3.8) is 0 Å². The van der Waals surface area contributed by atoms with Gasteiger partial charge in [0.2, 0.25) is 0 Å². The quantitative estimate of drug-likeness (QED) is 0.414. The van der Waals surface area contributed by atoms with Gasteiger partial charge in [-0.15, -0.1) is 0 Å². The topological polar surface area (TPSA) is 20.2 Å². The highest BCUT2D eigenvalue weighted by Gasteiger charge is 2.03. The smallest absolute Gasteiger partial charge is 0.0894 e. The van der Waals surface area contributed by atoms with Crippen LogP contribution in [0.4, 0.5) is 4.39 Å². The average molecular weight is 260 g/mol. The van der Waals surface area contributed by atoms with Gasteiger partial charge in [0.1, 0.15) is 0 Å². The molecule has 0 fully saturated rings. The maximum absolute atomic E-state index is 11.8. The molecule has 0 aliphatic carbocycles. The van der Waals surface area contributed by atoms with E-state index in [1.54, 1.807) is 0 Å². The van der Waals surface area contributed by atoms with Crippen LogP contribution in [0.3, 0.4) is 0 Å². The molecule has 0 saturated heterocycles. The molecule has 0 saturated carbocycles. The van der Waals surface area contributed by atoms with Gasteiger partial charge in [-0.1, -0.05) is 71.1 Å². The van der Waals surface area contributed by atoms with E-state index in [1.807, 2.05) is 0 Å². The van der Waals surface area contributed by atoms with Gasteiger partial charge >= 0.3 is 0 Å². The van der Waals surface area contributed by atoms with Gasteiger partial charge in [-0.3, -0.25) is 4.39 Å². The molecule has 0 bridgehead atoms. The molecular formula is C16H33FO. The predicted molar refractivity (Wildman–Crippen MR) is 77.7 cm³/mol. The fraction of sp³-hybridized carbons (Fsp3) is 1.00. The Balaban J connectivity index is 3.10. The van der Waals surface area contributed by atoms with Gasteiger partial charge in [0.25, 0.3) is 0 Å². The molecule has 0 rings (SSSR count). The molecule has 0 spiro atoms. The Labute approximate surface area is 113 Å². The number of hydrogen-bond donors (Lipinski definition) is 1. The first kappa shape index (κ1) is 17.9. The third-order valence-corrected chi connectivity index (χ3v) is 3.56. The van der Waals surface area contributed by atoms with Crippen LogP contribution in [0.15, 0.2) is 0 Å². The van der Waals surface area contributed by atoms with E-state index in [-0.39, 0.29) is 12.8 Å². The van der Waals surface area contributed by atoms with E-state index in [0.29, 0.717) is 6.42 Å². The van der Waals surface area contributed by atoms with E-state index in [0.717, 1.165) is 38.5 Å². The number of aliphatic hydroxyl groups excluding tert-OH is 1. The lowest BCUT2D eigenvalue weighted by molar-refractivity contribution is 0.147. The molecule has 110 valence electrons.